The summed E-state index contributed by atoms with van der Waals surface area (Å²) in [5.41, 5.74) is 2.30. The van der Waals surface area contributed by atoms with Crippen molar-refractivity contribution < 1.29 is 0 Å². The highest BCUT2D eigenvalue weighted by atomic mass is 79.9. The number of hydrogen-bond donors (Lipinski definition) is 0. The van der Waals surface area contributed by atoms with Crippen molar-refractivity contribution in [1.29, 1.82) is 0 Å². The number of fused-ring (bicyclic) bond motifs is 1. The smallest absolute Gasteiger partial charge is 0.0499 e. The first-order valence-electron chi connectivity index (χ1n) is 5.57. The molecule has 4 heteroatoms. The van der Waals surface area contributed by atoms with Gasteiger partial charge in [-0.3, -0.25) is 4.98 Å². The molecule has 0 aliphatic heterocycles. The molecule has 2 heterocycles. The molecule has 0 radical (unpaired) electrons. The molecule has 0 aliphatic rings. The molecule has 0 saturated heterocycles. The third kappa shape index (κ3) is 2.16. The van der Waals surface area contributed by atoms with Crippen LogP contribution >= 0.6 is 27.5 Å². The van der Waals surface area contributed by atoms with Gasteiger partial charge in [0.05, 0.1) is 0 Å². The zero-order chi connectivity index (χ0) is 12.5. The second-order valence-corrected chi connectivity index (χ2v) is 5.45. The standard InChI is InChI=1S/C14H10BrClN2/c15-11-6-10(7-17-8-11)9-18-5-4-12-13(16)2-1-3-14(12)18/h1-8H,9H2. The Labute approximate surface area is 118 Å². The molecule has 0 unspecified atom stereocenters. The summed E-state index contributed by atoms with van der Waals surface area (Å²) in [6.45, 7) is 0.788. The van der Waals surface area contributed by atoms with Gasteiger partial charge in [0, 0.05) is 45.5 Å². The molecule has 3 aromatic rings. The van der Waals surface area contributed by atoms with E-state index in [9.17, 15) is 0 Å². The van der Waals surface area contributed by atoms with E-state index in [1.54, 1.807) is 6.20 Å². The normalized spacial score (nSPS) is 11.0. The first-order valence-corrected chi connectivity index (χ1v) is 6.74. The topological polar surface area (TPSA) is 17.8 Å². The summed E-state index contributed by atoms with van der Waals surface area (Å²) in [5, 5.41) is 1.88. The number of nitrogens with zero attached hydrogens (tertiary/aromatic N) is 2. The molecule has 0 aliphatic carbocycles. The minimum Gasteiger partial charge on any atom is -0.343 e. The van der Waals surface area contributed by atoms with Crippen molar-refractivity contribution in [2.24, 2.45) is 0 Å². The second kappa shape index (κ2) is 4.75. The number of rotatable bonds is 2. The Hall–Kier alpha value is -1.32. The van der Waals surface area contributed by atoms with Crippen molar-refractivity contribution in [3.63, 3.8) is 0 Å². The molecule has 0 fully saturated rings. The molecule has 3 rings (SSSR count). The zero-order valence-corrected chi connectivity index (χ0v) is 11.8. The summed E-state index contributed by atoms with van der Waals surface area (Å²) in [6, 6.07) is 10.1. The first kappa shape index (κ1) is 11.8. The molecule has 90 valence electrons. The summed E-state index contributed by atoms with van der Waals surface area (Å²) in [7, 11) is 0. The Morgan fingerprint density at radius 2 is 2.11 bits per heavy atom. The lowest BCUT2D eigenvalue weighted by atomic mass is 10.2. The summed E-state index contributed by atoms with van der Waals surface area (Å²) in [4.78, 5) is 4.18. The summed E-state index contributed by atoms with van der Waals surface area (Å²) < 4.78 is 3.17. The van der Waals surface area contributed by atoms with E-state index in [-0.39, 0.29) is 0 Å². The largest absolute Gasteiger partial charge is 0.343 e. The Morgan fingerprint density at radius 3 is 2.94 bits per heavy atom. The monoisotopic (exact) mass is 320 g/mol. The summed E-state index contributed by atoms with van der Waals surface area (Å²) >= 11 is 9.60. The molecule has 0 atom stereocenters. The molecule has 0 bridgehead atoms. The lowest BCUT2D eigenvalue weighted by Gasteiger charge is -2.06. The molecule has 1 aromatic carbocycles. The molecular weight excluding hydrogens is 312 g/mol. The van der Waals surface area contributed by atoms with Crippen molar-refractivity contribution in [3.8, 4) is 0 Å². The average molecular weight is 322 g/mol. The second-order valence-electron chi connectivity index (χ2n) is 4.13. The highest BCUT2D eigenvalue weighted by Gasteiger charge is 2.04. The van der Waals surface area contributed by atoms with E-state index in [1.807, 2.05) is 24.4 Å². The van der Waals surface area contributed by atoms with Crippen LogP contribution in [0.5, 0.6) is 0 Å². The SMILES string of the molecule is Clc1cccc2c1ccn2Cc1cncc(Br)c1. The van der Waals surface area contributed by atoms with Gasteiger partial charge >= 0.3 is 0 Å². The van der Waals surface area contributed by atoms with Crippen molar-refractivity contribution in [2.75, 3.05) is 0 Å². The quantitative estimate of drug-likeness (QED) is 0.679. The number of pyridine rings is 1. The van der Waals surface area contributed by atoms with Crippen LogP contribution in [0, 0.1) is 0 Å². The van der Waals surface area contributed by atoms with E-state index in [0.717, 1.165) is 32.5 Å². The molecule has 0 saturated carbocycles. The van der Waals surface area contributed by atoms with Gasteiger partial charge in [0.2, 0.25) is 0 Å². The molecule has 18 heavy (non-hydrogen) atoms. The van der Waals surface area contributed by atoms with Crippen molar-refractivity contribution in [1.82, 2.24) is 9.55 Å². The van der Waals surface area contributed by atoms with Crippen LogP contribution in [-0.4, -0.2) is 9.55 Å². The van der Waals surface area contributed by atoms with Gasteiger partial charge in [-0.15, -0.1) is 0 Å². The fourth-order valence-corrected chi connectivity index (χ4v) is 2.71. The van der Waals surface area contributed by atoms with E-state index >= 15 is 0 Å². The molecule has 0 amide bonds. The summed E-state index contributed by atoms with van der Waals surface area (Å²) in [6.07, 6.45) is 5.72. The predicted octanol–water partition coefficient (Wildman–Crippen LogP) is 4.50. The van der Waals surface area contributed by atoms with Crippen LogP contribution in [0.2, 0.25) is 5.02 Å². The minimum atomic E-state index is 0.788. The van der Waals surface area contributed by atoms with Crippen LogP contribution in [0.15, 0.2) is 53.4 Å². The van der Waals surface area contributed by atoms with E-state index in [4.69, 9.17) is 11.6 Å². The van der Waals surface area contributed by atoms with Crippen LogP contribution < -0.4 is 0 Å². The first-order chi connectivity index (χ1) is 8.74. The number of aromatic nitrogens is 2. The van der Waals surface area contributed by atoms with Crippen molar-refractivity contribution in [3.05, 3.63) is 64.0 Å². The zero-order valence-electron chi connectivity index (χ0n) is 9.48. The Morgan fingerprint density at radius 1 is 1.22 bits per heavy atom. The van der Waals surface area contributed by atoms with Crippen molar-refractivity contribution in [2.45, 2.75) is 6.54 Å². The Balaban J connectivity index is 2.03. The van der Waals surface area contributed by atoms with E-state index in [1.165, 1.54) is 0 Å². The number of benzene rings is 1. The molecule has 0 spiro atoms. The van der Waals surface area contributed by atoms with Gasteiger partial charge in [0.25, 0.3) is 0 Å². The highest BCUT2D eigenvalue weighted by Crippen LogP contribution is 2.25. The van der Waals surface area contributed by atoms with E-state index in [0.29, 0.717) is 0 Å². The maximum atomic E-state index is 6.17. The molecule has 2 nitrogen and oxygen atoms in total. The van der Waals surface area contributed by atoms with Crippen LogP contribution in [-0.2, 0) is 6.54 Å². The van der Waals surface area contributed by atoms with Crippen molar-refractivity contribution >= 4 is 38.4 Å². The van der Waals surface area contributed by atoms with Crippen LogP contribution in [0.3, 0.4) is 0 Å². The lowest BCUT2D eigenvalue weighted by Crippen LogP contribution is -1.98. The Bertz CT molecular complexity index is 706. The summed E-state index contributed by atoms with van der Waals surface area (Å²) in [5.74, 6) is 0. The van der Waals surface area contributed by atoms with Gasteiger partial charge in [-0.2, -0.15) is 0 Å². The van der Waals surface area contributed by atoms with Gasteiger partial charge in [-0.1, -0.05) is 17.7 Å². The van der Waals surface area contributed by atoms with Gasteiger partial charge in [-0.25, -0.2) is 0 Å². The molecule has 2 aromatic heterocycles. The van der Waals surface area contributed by atoms with Crippen LogP contribution in [0.25, 0.3) is 10.9 Å². The van der Waals surface area contributed by atoms with Gasteiger partial charge in [-0.05, 0) is 45.8 Å². The third-order valence-corrected chi connectivity index (χ3v) is 3.64. The highest BCUT2D eigenvalue weighted by molar-refractivity contribution is 9.10. The number of hydrogen-bond acceptors (Lipinski definition) is 1. The lowest BCUT2D eigenvalue weighted by molar-refractivity contribution is 0.831. The van der Waals surface area contributed by atoms with Gasteiger partial charge < -0.3 is 4.57 Å². The predicted molar refractivity (Wildman–Crippen MR) is 78.0 cm³/mol. The van der Waals surface area contributed by atoms with E-state index < -0.39 is 0 Å². The fraction of sp³-hybridized carbons (Fsp3) is 0.0714. The molecular formula is C14H10BrClN2. The maximum absolute atomic E-state index is 6.17. The van der Waals surface area contributed by atoms with E-state index in [2.05, 4.69) is 43.8 Å². The Kier molecular flexibility index (Phi) is 3.10. The van der Waals surface area contributed by atoms with Crippen LogP contribution in [0.1, 0.15) is 5.56 Å². The van der Waals surface area contributed by atoms with Gasteiger partial charge in [0.15, 0.2) is 0 Å². The fourth-order valence-electron chi connectivity index (χ4n) is 2.06. The minimum absolute atomic E-state index is 0.788. The third-order valence-electron chi connectivity index (χ3n) is 2.87. The van der Waals surface area contributed by atoms with Gasteiger partial charge in [0.1, 0.15) is 0 Å². The maximum Gasteiger partial charge on any atom is 0.0499 e. The number of halogens is 2. The average Bonchev–Trinajstić information content (AvgIpc) is 2.74. The van der Waals surface area contributed by atoms with Crippen LogP contribution in [0.4, 0.5) is 0 Å². The molecule has 0 N–H and O–H groups in total.